The molecule has 2 heterocycles. The Morgan fingerprint density at radius 3 is 2.69 bits per heavy atom. The molecule has 1 aromatic rings. The van der Waals surface area contributed by atoms with Gasteiger partial charge in [-0.3, -0.25) is 14.7 Å². The quantitative estimate of drug-likeness (QED) is 0.441. The topological polar surface area (TPSA) is 65.7 Å². The van der Waals surface area contributed by atoms with Crippen LogP contribution in [0.2, 0.25) is 0 Å². The lowest BCUT2D eigenvalue weighted by molar-refractivity contribution is -0.131. The first kappa shape index (κ1) is 21.2. The zero-order valence-corrected chi connectivity index (χ0v) is 18.2. The van der Waals surface area contributed by atoms with Gasteiger partial charge in [-0.25, -0.2) is 0 Å². The average molecular weight is 454 g/mol. The van der Waals surface area contributed by atoms with Gasteiger partial charge in [0.05, 0.1) is 24.8 Å². The van der Waals surface area contributed by atoms with Crippen molar-refractivity contribution in [3.63, 3.8) is 0 Å². The summed E-state index contributed by atoms with van der Waals surface area (Å²) >= 11 is 3.31. The highest BCUT2D eigenvalue weighted by molar-refractivity contribution is 9.11. The smallest absolute Gasteiger partial charge is 0.258 e. The number of amidine groups is 1. The van der Waals surface area contributed by atoms with E-state index in [4.69, 9.17) is 9.73 Å². The van der Waals surface area contributed by atoms with Crippen molar-refractivity contribution < 1.29 is 9.53 Å². The number of carbonyl (C=O) groups excluding carboxylic acids is 1. The van der Waals surface area contributed by atoms with E-state index in [9.17, 15) is 10.1 Å². The number of ether oxygens (including phenoxy) is 1. The Labute approximate surface area is 180 Å². The fourth-order valence-electron chi connectivity index (χ4n) is 3.65. The zero-order valence-electron chi connectivity index (χ0n) is 16.6. The third-order valence-electron chi connectivity index (χ3n) is 5.14. The van der Waals surface area contributed by atoms with E-state index in [0.29, 0.717) is 41.8 Å². The van der Waals surface area contributed by atoms with E-state index in [1.165, 1.54) is 0 Å². The predicted molar refractivity (Wildman–Crippen MR) is 118 cm³/mol. The summed E-state index contributed by atoms with van der Waals surface area (Å²) < 4.78 is 6.14. The Balaban J connectivity index is 1.83. The first-order valence-corrected chi connectivity index (χ1v) is 10.4. The van der Waals surface area contributed by atoms with Crippen molar-refractivity contribution >= 4 is 33.2 Å². The summed E-state index contributed by atoms with van der Waals surface area (Å²) in [4.78, 5) is 19.7. The minimum absolute atomic E-state index is 0.0385. The number of nitriles is 1. The van der Waals surface area contributed by atoms with Crippen LogP contribution in [0.3, 0.4) is 0 Å². The van der Waals surface area contributed by atoms with Crippen LogP contribution in [0.5, 0.6) is 0 Å². The average Bonchev–Trinajstić information content (AvgIpc) is 3.27. The van der Waals surface area contributed by atoms with Gasteiger partial charge in [-0.15, -0.1) is 0 Å². The Hall–Kier alpha value is -2.49. The first-order valence-electron chi connectivity index (χ1n) is 9.63. The molecule has 1 spiro atoms. The first-order chi connectivity index (χ1) is 13.9. The normalized spacial score (nSPS) is 21.4. The molecule has 0 aliphatic carbocycles. The van der Waals surface area contributed by atoms with Gasteiger partial charge in [-0.05, 0) is 29.2 Å². The zero-order chi connectivity index (χ0) is 21.0. The van der Waals surface area contributed by atoms with Crippen LogP contribution in [0.25, 0.3) is 5.57 Å². The molecule has 3 rings (SSSR count). The van der Waals surface area contributed by atoms with Crippen LogP contribution in [0.15, 0.2) is 58.5 Å². The number of carbonyl (C=O) groups is 1. The van der Waals surface area contributed by atoms with Gasteiger partial charge < -0.3 is 4.74 Å². The van der Waals surface area contributed by atoms with Crippen molar-refractivity contribution in [3.8, 4) is 6.07 Å². The molecule has 1 unspecified atom stereocenters. The van der Waals surface area contributed by atoms with Crippen LogP contribution in [-0.4, -0.2) is 35.4 Å². The van der Waals surface area contributed by atoms with Gasteiger partial charge in [0.25, 0.3) is 5.91 Å². The van der Waals surface area contributed by atoms with Crippen LogP contribution in [0.1, 0.15) is 37.3 Å². The van der Waals surface area contributed by atoms with Crippen molar-refractivity contribution in [2.45, 2.75) is 38.3 Å². The number of aliphatic imine (C=N–C) groups is 1. The van der Waals surface area contributed by atoms with Crippen LogP contribution in [0, 0.1) is 11.3 Å². The Bertz CT molecular complexity index is 932. The van der Waals surface area contributed by atoms with Crippen molar-refractivity contribution in [2.24, 2.45) is 4.99 Å². The number of amides is 1. The molecule has 1 aromatic carbocycles. The standard InChI is InChI=1S/C23H24BrN3O2/c1-4-5-21-26-23(10-11-29-15-23)22(28)27(21)14-18-6-8-19(9-7-18)20(12-17(3)24)16(2)13-25/h6-9,12H,2-5,10-11,14-15H2,1H3/b20-12+. The van der Waals surface area contributed by atoms with Crippen LogP contribution in [0.4, 0.5) is 0 Å². The van der Waals surface area contributed by atoms with Gasteiger partial charge in [0.15, 0.2) is 5.54 Å². The van der Waals surface area contributed by atoms with Crippen molar-refractivity contribution in [1.29, 1.82) is 5.26 Å². The molecule has 1 fully saturated rings. The number of halogens is 1. The predicted octanol–water partition coefficient (Wildman–Crippen LogP) is 4.76. The summed E-state index contributed by atoms with van der Waals surface area (Å²) in [5.41, 5.74) is 2.24. The fraction of sp³-hybridized carbons (Fsp3) is 0.348. The minimum Gasteiger partial charge on any atom is -0.378 e. The second-order valence-corrected chi connectivity index (χ2v) is 8.31. The molecule has 29 heavy (non-hydrogen) atoms. The molecule has 0 radical (unpaired) electrons. The van der Waals surface area contributed by atoms with Gasteiger partial charge >= 0.3 is 0 Å². The lowest BCUT2D eigenvalue weighted by Gasteiger charge is -2.22. The minimum atomic E-state index is -0.721. The maximum Gasteiger partial charge on any atom is 0.258 e. The van der Waals surface area contributed by atoms with Crippen molar-refractivity contribution in [3.05, 3.63) is 64.7 Å². The number of rotatable bonds is 7. The molecule has 0 N–H and O–H groups in total. The van der Waals surface area contributed by atoms with Crippen LogP contribution < -0.4 is 0 Å². The lowest BCUT2D eigenvalue weighted by atomic mass is 9.97. The van der Waals surface area contributed by atoms with E-state index < -0.39 is 5.54 Å². The number of hydrogen-bond donors (Lipinski definition) is 0. The van der Waals surface area contributed by atoms with Crippen molar-refractivity contribution in [2.75, 3.05) is 13.2 Å². The third-order valence-corrected chi connectivity index (χ3v) is 5.37. The number of allylic oxidation sites excluding steroid dienone is 4. The molecule has 150 valence electrons. The molecule has 1 saturated heterocycles. The van der Waals surface area contributed by atoms with Gasteiger partial charge in [-0.1, -0.05) is 60.3 Å². The number of benzene rings is 1. The van der Waals surface area contributed by atoms with E-state index in [1.807, 2.05) is 24.3 Å². The second kappa shape index (κ2) is 8.89. The Morgan fingerprint density at radius 1 is 1.41 bits per heavy atom. The molecule has 1 amide bonds. The molecular weight excluding hydrogens is 430 g/mol. The van der Waals surface area contributed by atoms with Crippen LogP contribution >= 0.6 is 15.9 Å². The Kier molecular flexibility index (Phi) is 6.51. The van der Waals surface area contributed by atoms with Crippen LogP contribution in [-0.2, 0) is 16.1 Å². The maximum absolute atomic E-state index is 13.1. The van der Waals surface area contributed by atoms with Gasteiger partial charge in [0, 0.05) is 23.9 Å². The summed E-state index contributed by atoms with van der Waals surface area (Å²) in [6.45, 7) is 11.1. The molecule has 0 aromatic heterocycles. The Morgan fingerprint density at radius 2 is 2.14 bits per heavy atom. The summed E-state index contributed by atoms with van der Waals surface area (Å²) in [7, 11) is 0. The van der Waals surface area contributed by atoms with E-state index >= 15 is 0 Å². The molecule has 2 aliphatic heterocycles. The monoisotopic (exact) mass is 453 g/mol. The summed E-state index contributed by atoms with van der Waals surface area (Å²) in [6.07, 6.45) is 4.13. The van der Waals surface area contributed by atoms with Crippen molar-refractivity contribution in [1.82, 2.24) is 4.90 Å². The molecule has 6 heteroatoms. The van der Waals surface area contributed by atoms with E-state index in [-0.39, 0.29) is 5.91 Å². The van der Waals surface area contributed by atoms with Gasteiger partial charge in [0.2, 0.25) is 0 Å². The highest BCUT2D eigenvalue weighted by Crippen LogP contribution is 2.33. The second-order valence-electron chi connectivity index (χ2n) is 7.30. The molecule has 0 bridgehead atoms. The summed E-state index contributed by atoms with van der Waals surface area (Å²) in [6, 6.07) is 9.90. The highest BCUT2D eigenvalue weighted by Gasteiger charge is 2.50. The highest BCUT2D eigenvalue weighted by atomic mass is 79.9. The SMILES string of the molecule is C=C(Br)/C=C(\C(=C)C#N)c1ccc(CN2C(=O)C3(CCOC3)N=C2CCC)cc1. The lowest BCUT2D eigenvalue weighted by Crippen LogP contribution is -2.42. The van der Waals surface area contributed by atoms with E-state index in [1.54, 1.807) is 11.0 Å². The number of nitrogens with zero attached hydrogens (tertiary/aromatic N) is 3. The van der Waals surface area contributed by atoms with E-state index in [2.05, 4.69) is 42.1 Å². The molecule has 2 aliphatic rings. The van der Waals surface area contributed by atoms with Gasteiger partial charge in [0.1, 0.15) is 5.84 Å². The fourth-order valence-corrected chi connectivity index (χ4v) is 3.87. The third kappa shape index (κ3) is 4.42. The largest absolute Gasteiger partial charge is 0.378 e. The summed E-state index contributed by atoms with van der Waals surface area (Å²) in [5, 5.41) is 9.23. The van der Waals surface area contributed by atoms with Gasteiger partial charge in [-0.2, -0.15) is 5.26 Å². The number of hydrogen-bond acceptors (Lipinski definition) is 4. The molecule has 0 saturated carbocycles. The molecule has 5 nitrogen and oxygen atoms in total. The maximum atomic E-state index is 13.1. The molecule has 1 atom stereocenters. The van der Waals surface area contributed by atoms with E-state index in [0.717, 1.165) is 29.8 Å². The molecular formula is C23H24BrN3O2. The summed E-state index contributed by atoms with van der Waals surface area (Å²) in [5.74, 6) is 0.887.